The molecule has 1 amide bonds. The van der Waals surface area contributed by atoms with Gasteiger partial charge in [0.1, 0.15) is 6.61 Å². The van der Waals surface area contributed by atoms with Gasteiger partial charge in [-0.2, -0.15) is 0 Å². The Morgan fingerprint density at radius 3 is 2.03 bits per heavy atom. The molecule has 0 aromatic heterocycles. The lowest BCUT2D eigenvalue weighted by atomic mass is 9.71. The molecule has 0 saturated carbocycles. The molecule has 5 rings (SSSR count). The van der Waals surface area contributed by atoms with Gasteiger partial charge in [-0.15, -0.1) is 0 Å². The monoisotopic (exact) mass is 498 g/mol. The van der Waals surface area contributed by atoms with Crippen molar-refractivity contribution in [2.45, 2.75) is 26.7 Å². The molecule has 1 aliphatic carbocycles. The summed E-state index contributed by atoms with van der Waals surface area (Å²) in [5.41, 5.74) is 8.54. The molecule has 2 aliphatic rings. The van der Waals surface area contributed by atoms with Gasteiger partial charge in [-0.3, -0.25) is 4.79 Å². The van der Waals surface area contributed by atoms with Crippen LogP contribution in [0.25, 0.3) is 11.1 Å². The number of rotatable bonds is 5. The summed E-state index contributed by atoms with van der Waals surface area (Å²) in [6, 6.07) is 16.5. The first kappa shape index (κ1) is 25.1. The Morgan fingerprint density at radius 2 is 1.49 bits per heavy atom. The van der Waals surface area contributed by atoms with Crippen LogP contribution in [-0.4, -0.2) is 67.2 Å². The van der Waals surface area contributed by atoms with Crippen LogP contribution < -0.4 is 10.4 Å². The fourth-order valence-corrected chi connectivity index (χ4v) is 6.08. The maximum atomic E-state index is 13.0. The van der Waals surface area contributed by atoms with Crippen molar-refractivity contribution in [2.75, 3.05) is 37.7 Å². The maximum absolute atomic E-state index is 13.0. The zero-order chi connectivity index (χ0) is 26.3. The van der Waals surface area contributed by atoms with E-state index >= 15 is 0 Å². The summed E-state index contributed by atoms with van der Waals surface area (Å²) in [5.74, 6) is 0.0144. The lowest BCUT2D eigenvalue weighted by Gasteiger charge is -2.38. The molecule has 0 spiro atoms. The van der Waals surface area contributed by atoms with Crippen LogP contribution in [-0.2, 0) is 4.74 Å². The first-order chi connectivity index (χ1) is 17.8. The number of hydrogen-bond donors (Lipinski definition) is 2. The van der Waals surface area contributed by atoms with Crippen molar-refractivity contribution in [1.82, 2.24) is 4.90 Å². The van der Waals surface area contributed by atoms with Crippen LogP contribution in [0.5, 0.6) is 0 Å². The van der Waals surface area contributed by atoms with Crippen LogP contribution in [0.1, 0.15) is 44.1 Å². The summed E-state index contributed by atoms with van der Waals surface area (Å²) in [6.45, 7) is 7.78. The summed E-state index contributed by atoms with van der Waals surface area (Å²) >= 11 is 0. The molecule has 1 fully saturated rings. The molecule has 1 aliphatic heterocycles. The Bertz CT molecular complexity index is 1320. The number of piperazine rings is 1. The average Bonchev–Trinajstić information content (AvgIpc) is 3.21. The SMILES string of the molecule is Cc1c(C=O)c(C)c(N2CCN(C(=O)OCC3c4ccccc4-c4ccccc43)CC2)c(C)c1B(O)O. The highest BCUT2D eigenvalue weighted by molar-refractivity contribution is 6.60. The third kappa shape index (κ3) is 4.30. The van der Waals surface area contributed by atoms with E-state index in [1.54, 1.807) is 11.8 Å². The van der Waals surface area contributed by atoms with Crippen molar-refractivity contribution >= 4 is 30.6 Å². The zero-order valence-electron chi connectivity index (χ0n) is 21.4. The van der Waals surface area contributed by atoms with Crippen LogP contribution in [0.15, 0.2) is 48.5 Å². The molecule has 0 bridgehead atoms. The van der Waals surface area contributed by atoms with Gasteiger partial charge in [0.2, 0.25) is 0 Å². The fraction of sp³-hybridized carbons (Fsp3) is 0.310. The van der Waals surface area contributed by atoms with Gasteiger partial charge < -0.3 is 24.6 Å². The number of ether oxygens (including phenoxy) is 1. The molecular formula is C29H31BN2O5. The standard InChI is InChI=1S/C29H31BN2O5/c1-18-25(16-33)19(2)28(20(3)27(18)30(35)36)31-12-14-32(15-13-31)29(34)37-17-26-23-10-6-4-8-21(23)22-9-5-7-11-24(22)26/h4-11,16,26,35-36H,12-15,17H2,1-3H3. The fourth-order valence-electron chi connectivity index (χ4n) is 6.08. The van der Waals surface area contributed by atoms with Crippen LogP contribution in [0.2, 0.25) is 0 Å². The number of amides is 1. The summed E-state index contributed by atoms with van der Waals surface area (Å²) in [5, 5.41) is 19.9. The molecule has 1 heterocycles. The van der Waals surface area contributed by atoms with Gasteiger partial charge in [0, 0.05) is 43.3 Å². The Hall–Kier alpha value is -3.62. The Morgan fingerprint density at radius 1 is 0.919 bits per heavy atom. The smallest absolute Gasteiger partial charge is 0.448 e. The van der Waals surface area contributed by atoms with Crippen molar-refractivity contribution < 1.29 is 24.4 Å². The number of anilines is 1. The van der Waals surface area contributed by atoms with E-state index in [0.717, 1.165) is 23.1 Å². The highest BCUT2D eigenvalue weighted by atomic mass is 16.6. The van der Waals surface area contributed by atoms with E-state index in [2.05, 4.69) is 29.2 Å². The van der Waals surface area contributed by atoms with Crippen molar-refractivity contribution in [2.24, 2.45) is 0 Å². The minimum Gasteiger partial charge on any atom is -0.448 e. The summed E-state index contributed by atoms with van der Waals surface area (Å²) < 4.78 is 5.83. The van der Waals surface area contributed by atoms with E-state index < -0.39 is 7.12 Å². The third-order valence-corrected chi connectivity index (χ3v) is 7.89. The highest BCUT2D eigenvalue weighted by Crippen LogP contribution is 2.44. The zero-order valence-corrected chi connectivity index (χ0v) is 21.4. The molecule has 37 heavy (non-hydrogen) atoms. The van der Waals surface area contributed by atoms with Gasteiger partial charge in [-0.25, -0.2) is 4.79 Å². The predicted molar refractivity (Wildman–Crippen MR) is 145 cm³/mol. The van der Waals surface area contributed by atoms with E-state index in [1.165, 1.54) is 22.3 Å². The van der Waals surface area contributed by atoms with Crippen LogP contribution in [0, 0.1) is 20.8 Å². The van der Waals surface area contributed by atoms with E-state index in [-0.39, 0.29) is 18.6 Å². The second-order valence-electron chi connectivity index (χ2n) is 9.82. The number of benzene rings is 3. The minimum atomic E-state index is -1.67. The Labute approximate surface area is 217 Å². The average molecular weight is 498 g/mol. The molecule has 0 unspecified atom stereocenters. The first-order valence-electron chi connectivity index (χ1n) is 12.6. The summed E-state index contributed by atoms with van der Waals surface area (Å²) in [4.78, 5) is 28.6. The van der Waals surface area contributed by atoms with Crippen LogP contribution >= 0.6 is 0 Å². The van der Waals surface area contributed by atoms with Crippen molar-refractivity contribution in [1.29, 1.82) is 0 Å². The number of hydrogen-bond acceptors (Lipinski definition) is 6. The molecule has 190 valence electrons. The largest absolute Gasteiger partial charge is 0.489 e. The van der Waals surface area contributed by atoms with Gasteiger partial charge >= 0.3 is 13.2 Å². The van der Waals surface area contributed by atoms with Gasteiger partial charge in [0.25, 0.3) is 0 Å². The summed E-state index contributed by atoms with van der Waals surface area (Å²) in [7, 11) is -1.67. The van der Waals surface area contributed by atoms with Crippen LogP contribution in [0.3, 0.4) is 0 Å². The molecule has 7 nitrogen and oxygen atoms in total. The normalized spacial score (nSPS) is 14.8. The molecule has 1 saturated heterocycles. The van der Waals surface area contributed by atoms with Gasteiger partial charge in [-0.05, 0) is 65.2 Å². The molecular weight excluding hydrogens is 467 g/mol. The minimum absolute atomic E-state index is 0.0144. The Kier molecular flexibility index (Phi) is 6.79. The molecule has 3 aromatic carbocycles. The molecule has 0 atom stereocenters. The predicted octanol–water partition coefficient (Wildman–Crippen LogP) is 3.18. The number of fused-ring (bicyclic) bond motifs is 3. The van der Waals surface area contributed by atoms with Crippen molar-refractivity contribution in [3.05, 3.63) is 81.9 Å². The number of carbonyl (C=O) groups is 2. The van der Waals surface area contributed by atoms with E-state index in [4.69, 9.17) is 4.74 Å². The lowest BCUT2D eigenvalue weighted by molar-refractivity contribution is 0.0976. The van der Waals surface area contributed by atoms with Gasteiger partial charge in [0.05, 0.1) is 0 Å². The highest BCUT2D eigenvalue weighted by Gasteiger charge is 2.32. The van der Waals surface area contributed by atoms with Gasteiger partial charge in [0.15, 0.2) is 6.29 Å². The van der Waals surface area contributed by atoms with Crippen molar-refractivity contribution in [3.63, 3.8) is 0 Å². The quantitative estimate of drug-likeness (QED) is 0.415. The number of nitrogens with zero attached hydrogens (tertiary/aromatic N) is 2. The number of carbonyl (C=O) groups excluding carboxylic acids is 2. The Balaban J connectivity index is 1.28. The van der Waals surface area contributed by atoms with Crippen LogP contribution in [0.4, 0.5) is 10.5 Å². The van der Waals surface area contributed by atoms with E-state index in [1.807, 2.05) is 38.1 Å². The maximum Gasteiger partial charge on any atom is 0.489 e. The molecule has 0 radical (unpaired) electrons. The van der Waals surface area contributed by atoms with Gasteiger partial charge in [-0.1, -0.05) is 48.5 Å². The number of aldehydes is 1. The van der Waals surface area contributed by atoms with Crippen molar-refractivity contribution in [3.8, 4) is 11.1 Å². The molecule has 2 N–H and O–H groups in total. The van der Waals surface area contributed by atoms with E-state index in [9.17, 15) is 19.6 Å². The summed E-state index contributed by atoms with van der Waals surface area (Å²) in [6.07, 6.45) is 0.436. The van der Waals surface area contributed by atoms with E-state index in [0.29, 0.717) is 42.8 Å². The first-order valence-corrected chi connectivity index (χ1v) is 12.6. The second kappa shape index (κ2) is 10.0. The molecule has 8 heteroatoms. The topological polar surface area (TPSA) is 90.3 Å². The molecule has 3 aromatic rings. The second-order valence-corrected chi connectivity index (χ2v) is 9.82. The lowest BCUT2D eigenvalue weighted by Crippen LogP contribution is -2.50. The third-order valence-electron chi connectivity index (χ3n) is 7.89.